The number of aromatic carboxylic acids is 2. The third kappa shape index (κ3) is 3.20. The Kier molecular flexibility index (Phi) is 4.78. The summed E-state index contributed by atoms with van der Waals surface area (Å²) in [6.45, 7) is 5.04. The van der Waals surface area contributed by atoms with Crippen LogP contribution in [-0.4, -0.2) is 22.2 Å². The highest BCUT2D eigenvalue weighted by Gasteiger charge is 2.74. The van der Waals surface area contributed by atoms with E-state index in [1.54, 1.807) is 0 Å². The van der Waals surface area contributed by atoms with Crippen LogP contribution in [-0.2, 0) is 10.8 Å². The lowest BCUT2D eigenvalue weighted by Gasteiger charge is -2.77. The van der Waals surface area contributed by atoms with Crippen molar-refractivity contribution in [2.24, 2.45) is 33.5 Å². The Bertz CT molecular complexity index is 1420. The van der Waals surface area contributed by atoms with Gasteiger partial charge >= 0.3 is 11.9 Å². The molecule has 8 aliphatic rings. The van der Waals surface area contributed by atoms with E-state index in [4.69, 9.17) is 0 Å². The molecule has 4 unspecified atom stereocenters. The Balaban J connectivity index is 1.30. The van der Waals surface area contributed by atoms with Crippen LogP contribution in [0.4, 0.5) is 0 Å². The molecule has 40 heavy (non-hydrogen) atoms. The maximum absolute atomic E-state index is 12.5. The molecular formula is C36H42O4. The normalized spacial score (nSPS) is 46.0. The molecule has 0 aromatic heterocycles. The van der Waals surface area contributed by atoms with Crippen molar-refractivity contribution >= 4 is 11.9 Å². The lowest BCUT2D eigenvalue weighted by Crippen LogP contribution is -2.69. The molecule has 210 valence electrons. The van der Waals surface area contributed by atoms with E-state index in [-0.39, 0.29) is 32.5 Å². The van der Waals surface area contributed by atoms with Crippen molar-refractivity contribution in [3.05, 3.63) is 70.8 Å². The Morgan fingerprint density at radius 2 is 1.07 bits per heavy atom. The third-order valence-electron chi connectivity index (χ3n) is 13.2. The summed E-state index contributed by atoms with van der Waals surface area (Å²) in [5.74, 6) is -0.257. The van der Waals surface area contributed by atoms with Crippen LogP contribution in [0.15, 0.2) is 48.5 Å². The van der Waals surface area contributed by atoms with E-state index in [1.807, 2.05) is 24.3 Å². The maximum atomic E-state index is 12.5. The van der Waals surface area contributed by atoms with E-state index in [1.165, 1.54) is 38.5 Å². The summed E-state index contributed by atoms with van der Waals surface area (Å²) < 4.78 is 0. The molecule has 0 saturated heterocycles. The molecule has 2 aromatic carbocycles. The molecule has 8 aliphatic carbocycles. The van der Waals surface area contributed by atoms with E-state index >= 15 is 0 Å². The van der Waals surface area contributed by atoms with Gasteiger partial charge in [0.1, 0.15) is 0 Å². The Morgan fingerprint density at radius 3 is 1.60 bits per heavy atom. The van der Waals surface area contributed by atoms with Gasteiger partial charge in [0.2, 0.25) is 0 Å². The van der Waals surface area contributed by atoms with Gasteiger partial charge in [-0.15, -0.1) is 0 Å². The van der Waals surface area contributed by atoms with Crippen LogP contribution < -0.4 is 0 Å². The molecule has 2 N–H and O–H groups in total. The molecule has 4 heteroatoms. The molecule has 0 heterocycles. The molecule has 10 rings (SSSR count). The number of hydrogen-bond donors (Lipinski definition) is 2. The fourth-order valence-electron chi connectivity index (χ4n) is 14.0. The van der Waals surface area contributed by atoms with Crippen LogP contribution in [0, 0.1) is 33.5 Å². The second kappa shape index (κ2) is 7.61. The van der Waals surface area contributed by atoms with Crippen LogP contribution in [0.25, 0.3) is 0 Å². The zero-order valence-electron chi connectivity index (χ0n) is 24.0. The first-order valence-electron chi connectivity index (χ1n) is 15.6. The van der Waals surface area contributed by atoms with E-state index in [2.05, 4.69) is 38.1 Å². The number of carbonyl (C=O) groups is 2. The molecule has 4 atom stereocenters. The molecule has 0 amide bonds. The lowest BCUT2D eigenvalue weighted by molar-refractivity contribution is -0.250. The van der Waals surface area contributed by atoms with Gasteiger partial charge in [-0.05, 0) is 145 Å². The van der Waals surface area contributed by atoms with Crippen molar-refractivity contribution in [2.75, 3.05) is 0 Å². The van der Waals surface area contributed by atoms with Crippen LogP contribution in [0.3, 0.4) is 0 Å². The van der Waals surface area contributed by atoms with Gasteiger partial charge in [0, 0.05) is 0 Å². The predicted octanol–water partition coefficient (Wildman–Crippen LogP) is 8.24. The fourth-order valence-corrected chi connectivity index (χ4v) is 14.0. The zero-order valence-corrected chi connectivity index (χ0v) is 24.0. The molecule has 2 aromatic rings. The summed E-state index contributed by atoms with van der Waals surface area (Å²) in [4.78, 5) is 25.0. The highest BCUT2D eigenvalue weighted by atomic mass is 16.4. The minimum atomic E-state index is -0.797. The quantitative estimate of drug-likeness (QED) is 0.402. The van der Waals surface area contributed by atoms with Crippen molar-refractivity contribution in [3.8, 4) is 0 Å². The van der Waals surface area contributed by atoms with Gasteiger partial charge in [-0.1, -0.05) is 50.2 Å². The van der Waals surface area contributed by atoms with Crippen molar-refractivity contribution in [2.45, 2.75) is 102 Å². The van der Waals surface area contributed by atoms with Crippen molar-refractivity contribution in [1.29, 1.82) is 0 Å². The molecule has 0 aliphatic heterocycles. The van der Waals surface area contributed by atoms with Crippen LogP contribution >= 0.6 is 0 Å². The third-order valence-corrected chi connectivity index (χ3v) is 13.2. The Labute approximate surface area is 237 Å². The predicted molar refractivity (Wildman–Crippen MR) is 154 cm³/mol. The number of rotatable bonds is 5. The van der Waals surface area contributed by atoms with E-state index in [9.17, 15) is 19.8 Å². The molecule has 8 fully saturated rings. The van der Waals surface area contributed by atoms with Crippen LogP contribution in [0.1, 0.15) is 123 Å². The molecule has 4 nitrogen and oxygen atoms in total. The average Bonchev–Trinajstić information content (AvgIpc) is 2.86. The second-order valence-electron chi connectivity index (χ2n) is 16.5. The van der Waals surface area contributed by atoms with Crippen LogP contribution in [0.5, 0.6) is 0 Å². The lowest BCUT2D eigenvalue weighted by atomic mass is 9.27. The minimum Gasteiger partial charge on any atom is -0.478 e. The van der Waals surface area contributed by atoms with Gasteiger partial charge < -0.3 is 10.2 Å². The summed E-state index contributed by atoms with van der Waals surface area (Å²) in [5.41, 5.74) is 3.86. The van der Waals surface area contributed by atoms with E-state index in [0.717, 1.165) is 49.7 Å². The summed E-state index contributed by atoms with van der Waals surface area (Å²) in [6.07, 6.45) is 14.3. The van der Waals surface area contributed by atoms with Gasteiger partial charge in [-0.25, -0.2) is 9.59 Å². The number of carboxylic acid groups (broad SMARTS) is 2. The summed E-state index contributed by atoms with van der Waals surface area (Å²) in [6, 6.07) is 15.8. The van der Waals surface area contributed by atoms with Gasteiger partial charge in [0.05, 0.1) is 11.1 Å². The molecule has 0 spiro atoms. The first-order chi connectivity index (χ1) is 18.9. The average molecular weight is 539 g/mol. The highest BCUT2D eigenvalue weighted by Crippen LogP contribution is 2.82. The number of benzene rings is 2. The Hall–Kier alpha value is -2.62. The zero-order chi connectivity index (χ0) is 27.8. The largest absolute Gasteiger partial charge is 0.478 e. The first-order valence-corrected chi connectivity index (χ1v) is 15.6. The minimum absolute atomic E-state index is 0.0453. The van der Waals surface area contributed by atoms with Gasteiger partial charge in [-0.3, -0.25) is 0 Å². The fraction of sp³-hybridized carbons (Fsp3) is 0.611. The molecule has 8 saturated carbocycles. The van der Waals surface area contributed by atoms with Gasteiger partial charge in [-0.2, -0.15) is 0 Å². The van der Waals surface area contributed by atoms with Crippen LogP contribution in [0.2, 0.25) is 0 Å². The first kappa shape index (κ1) is 25.1. The van der Waals surface area contributed by atoms with Crippen molar-refractivity contribution in [1.82, 2.24) is 0 Å². The van der Waals surface area contributed by atoms with Crippen molar-refractivity contribution < 1.29 is 19.8 Å². The number of hydrogen-bond acceptors (Lipinski definition) is 2. The number of carboxylic acids is 2. The monoisotopic (exact) mass is 538 g/mol. The summed E-state index contributed by atoms with van der Waals surface area (Å²) in [5, 5.41) is 20.5. The molecular weight excluding hydrogens is 496 g/mol. The van der Waals surface area contributed by atoms with Gasteiger partial charge in [0.25, 0.3) is 0 Å². The van der Waals surface area contributed by atoms with Gasteiger partial charge in [0.15, 0.2) is 0 Å². The van der Waals surface area contributed by atoms with E-state index in [0.29, 0.717) is 23.0 Å². The molecule has 0 radical (unpaired) electrons. The smallest absolute Gasteiger partial charge is 0.335 e. The maximum Gasteiger partial charge on any atom is 0.335 e. The topological polar surface area (TPSA) is 74.6 Å². The van der Waals surface area contributed by atoms with Crippen molar-refractivity contribution in [3.63, 3.8) is 0 Å². The molecule has 8 bridgehead atoms. The summed E-state index contributed by atoms with van der Waals surface area (Å²) >= 11 is 0. The standard InChI is InChI=1S/C36H42O4/c1-31-16-32(2)18-34(17-31,28-10-6-4-8-26(28)30(39)40)22-36(19-31,20-32)35-14-23-11-24(15-35)13-33(12-23,21-35)27-9-5-3-7-25(27)29(37)38/h3-10,23-24H,11-22H2,1-2H3,(H,37,38)(H,39,40). The van der Waals surface area contributed by atoms with E-state index < -0.39 is 11.9 Å². The second-order valence-corrected chi connectivity index (χ2v) is 16.5. The highest BCUT2D eigenvalue weighted by molar-refractivity contribution is 5.90. The summed E-state index contributed by atoms with van der Waals surface area (Å²) in [7, 11) is 0. The SMILES string of the molecule is CC12CC3(C)CC(c4ccccc4C(=O)O)(C1)CC(C14CC5CC(CC(c6ccccc6C(=O)O)(C5)C1)C4)(C2)C3. The Morgan fingerprint density at radius 1 is 0.600 bits per heavy atom.